The Morgan fingerprint density at radius 1 is 0.978 bits per heavy atom. The van der Waals surface area contributed by atoms with Gasteiger partial charge < -0.3 is 19.9 Å². The molecule has 2 aromatic heterocycles. The molecule has 2 N–H and O–H groups in total. The molecule has 46 heavy (non-hydrogen) atoms. The molecule has 13 heteroatoms. The average molecular weight is 668 g/mol. The van der Waals surface area contributed by atoms with Crippen LogP contribution in [-0.2, 0) is 26.6 Å². The summed E-state index contributed by atoms with van der Waals surface area (Å²) in [6.45, 7) is 7.59. The van der Waals surface area contributed by atoms with Gasteiger partial charge in [0.05, 0.1) is 16.3 Å². The normalized spacial score (nSPS) is 13.6. The number of alkyl halides is 1. The van der Waals surface area contributed by atoms with Crippen LogP contribution >= 0.6 is 11.6 Å². The van der Waals surface area contributed by atoms with Crippen LogP contribution in [0.1, 0.15) is 45.6 Å². The van der Waals surface area contributed by atoms with E-state index in [4.69, 9.17) is 22.1 Å². The Kier molecular flexibility index (Phi) is 8.98. The van der Waals surface area contributed by atoms with Crippen molar-refractivity contribution in [1.29, 1.82) is 0 Å². The Labute approximate surface area is 273 Å². The number of fused-ring (bicyclic) bond motifs is 2. The Morgan fingerprint density at radius 2 is 1.63 bits per heavy atom. The number of nitrogens with two attached hydrogens (primary N) is 1. The summed E-state index contributed by atoms with van der Waals surface area (Å²) in [4.78, 5) is 43.3. The van der Waals surface area contributed by atoms with Crippen LogP contribution in [0, 0.1) is 6.92 Å². The number of carbonyl (C=O) groups is 2. The second-order valence-electron chi connectivity index (χ2n) is 12.4. The second kappa shape index (κ2) is 12.5. The number of halogens is 1. The maximum absolute atomic E-state index is 13.7. The summed E-state index contributed by atoms with van der Waals surface area (Å²) in [5, 5.41) is 0.360. The summed E-state index contributed by atoms with van der Waals surface area (Å²) in [5.41, 5.74) is 8.30. The molecule has 0 radical (unpaired) electrons. The molecule has 5 rings (SSSR count). The van der Waals surface area contributed by atoms with Gasteiger partial charge in [-0.1, -0.05) is 17.7 Å². The summed E-state index contributed by atoms with van der Waals surface area (Å²) in [5.74, 6) is 0.333. The van der Waals surface area contributed by atoms with E-state index in [2.05, 4.69) is 0 Å². The van der Waals surface area contributed by atoms with E-state index in [0.29, 0.717) is 46.6 Å². The van der Waals surface area contributed by atoms with Gasteiger partial charge in [-0.3, -0.25) is 14.5 Å². The summed E-state index contributed by atoms with van der Waals surface area (Å²) in [7, 11) is -2.58. The fourth-order valence-corrected chi connectivity index (χ4v) is 7.07. The standard InChI is InChI=1S/C33H38ClN5O6S/c1-21-9-11-22(12-10-21)46(43,44)39-15-13-23-25(20-36(5)31(41)30(23)39)24-18-27-28(19-26(24)35)37(29(40)8-6-7-14-34)16-17-38(27)32(42)45-33(2,3)4/h9-13,15,18-20H,6-8,14,16-17,35H2,1-5H3. The molecular formula is C33H38ClN5O6S. The molecule has 0 saturated heterocycles. The zero-order valence-corrected chi connectivity index (χ0v) is 28.1. The predicted octanol–water partition coefficient (Wildman–Crippen LogP) is 5.63. The summed E-state index contributed by atoms with van der Waals surface area (Å²) in [6, 6.07) is 11.3. The van der Waals surface area contributed by atoms with Crippen molar-refractivity contribution in [3.63, 3.8) is 0 Å². The number of nitrogen functional groups attached to an aromatic ring is 1. The van der Waals surface area contributed by atoms with E-state index < -0.39 is 27.3 Å². The molecule has 0 aliphatic carbocycles. The Balaban J connectivity index is 1.69. The number of pyridine rings is 1. The topological polar surface area (TPSA) is 137 Å². The lowest BCUT2D eigenvalue weighted by atomic mass is 9.98. The molecule has 4 aromatic rings. The first kappa shape index (κ1) is 33.1. The largest absolute Gasteiger partial charge is 0.443 e. The molecule has 0 atom stereocenters. The number of anilines is 3. The monoisotopic (exact) mass is 667 g/mol. The third-order valence-electron chi connectivity index (χ3n) is 7.82. The number of amides is 2. The van der Waals surface area contributed by atoms with Crippen molar-refractivity contribution >= 4 is 61.6 Å². The van der Waals surface area contributed by atoms with Gasteiger partial charge in [0, 0.05) is 67.0 Å². The molecule has 1 aliphatic heterocycles. The number of hydrogen-bond donors (Lipinski definition) is 1. The summed E-state index contributed by atoms with van der Waals surface area (Å²) >= 11 is 5.82. The fraction of sp³-hybridized carbons (Fsp3) is 0.364. The number of ether oxygens (including phenoxy) is 1. The first-order valence-electron chi connectivity index (χ1n) is 15.0. The molecule has 2 amide bonds. The Bertz CT molecular complexity index is 1990. The quantitative estimate of drug-likeness (QED) is 0.153. The average Bonchev–Trinajstić information content (AvgIpc) is 3.44. The fourth-order valence-electron chi connectivity index (χ4n) is 5.54. The van der Waals surface area contributed by atoms with Gasteiger partial charge in [-0.15, -0.1) is 11.6 Å². The van der Waals surface area contributed by atoms with E-state index in [1.165, 1.54) is 34.8 Å². The van der Waals surface area contributed by atoms with Gasteiger partial charge in [-0.25, -0.2) is 17.2 Å². The second-order valence-corrected chi connectivity index (χ2v) is 14.6. The van der Waals surface area contributed by atoms with Gasteiger partial charge in [0.1, 0.15) is 11.1 Å². The number of unbranched alkanes of at least 4 members (excludes halogenated alkanes) is 1. The van der Waals surface area contributed by atoms with Crippen LogP contribution in [0.5, 0.6) is 0 Å². The molecule has 244 valence electrons. The summed E-state index contributed by atoms with van der Waals surface area (Å²) in [6.07, 6.45) is 3.95. The molecular weight excluding hydrogens is 630 g/mol. The van der Waals surface area contributed by atoms with Crippen LogP contribution in [0.15, 0.2) is 64.5 Å². The molecule has 2 aromatic carbocycles. The minimum Gasteiger partial charge on any atom is -0.443 e. The molecule has 3 heterocycles. The van der Waals surface area contributed by atoms with Crippen molar-refractivity contribution in [1.82, 2.24) is 8.54 Å². The van der Waals surface area contributed by atoms with Crippen molar-refractivity contribution in [2.75, 3.05) is 34.5 Å². The van der Waals surface area contributed by atoms with E-state index in [-0.39, 0.29) is 41.5 Å². The minimum absolute atomic E-state index is 0.0418. The van der Waals surface area contributed by atoms with Crippen molar-refractivity contribution in [2.24, 2.45) is 7.05 Å². The smallest absolute Gasteiger partial charge is 0.414 e. The van der Waals surface area contributed by atoms with E-state index in [0.717, 1.165) is 9.54 Å². The van der Waals surface area contributed by atoms with E-state index in [9.17, 15) is 22.8 Å². The molecule has 11 nitrogen and oxygen atoms in total. The molecule has 0 bridgehead atoms. The molecule has 1 aliphatic rings. The van der Waals surface area contributed by atoms with Crippen LogP contribution in [0.3, 0.4) is 0 Å². The maximum Gasteiger partial charge on any atom is 0.414 e. The molecule has 0 unspecified atom stereocenters. The van der Waals surface area contributed by atoms with Crippen molar-refractivity contribution in [3.8, 4) is 11.1 Å². The lowest BCUT2D eigenvalue weighted by molar-refractivity contribution is -0.118. The number of hydrogen-bond acceptors (Lipinski definition) is 7. The van der Waals surface area contributed by atoms with E-state index in [1.54, 1.807) is 62.2 Å². The number of nitrogens with zero attached hydrogens (tertiary/aromatic N) is 4. The van der Waals surface area contributed by atoms with Gasteiger partial charge in [-0.05, 0) is 70.9 Å². The van der Waals surface area contributed by atoms with Crippen LogP contribution in [0.4, 0.5) is 21.9 Å². The molecule has 0 fully saturated rings. The van der Waals surface area contributed by atoms with Crippen molar-refractivity contribution < 1.29 is 22.7 Å². The highest BCUT2D eigenvalue weighted by atomic mass is 35.5. The van der Waals surface area contributed by atoms with Gasteiger partial charge in [-0.2, -0.15) is 0 Å². The van der Waals surface area contributed by atoms with Gasteiger partial charge >= 0.3 is 6.09 Å². The van der Waals surface area contributed by atoms with Crippen LogP contribution < -0.4 is 21.1 Å². The summed E-state index contributed by atoms with van der Waals surface area (Å²) < 4.78 is 35.4. The van der Waals surface area contributed by atoms with E-state index >= 15 is 0 Å². The van der Waals surface area contributed by atoms with Crippen LogP contribution in [0.2, 0.25) is 0 Å². The zero-order chi connectivity index (χ0) is 33.6. The molecule has 0 spiro atoms. The Morgan fingerprint density at radius 3 is 2.28 bits per heavy atom. The highest BCUT2D eigenvalue weighted by molar-refractivity contribution is 7.90. The van der Waals surface area contributed by atoms with Crippen molar-refractivity contribution in [3.05, 3.63) is 70.8 Å². The number of benzene rings is 2. The van der Waals surface area contributed by atoms with Gasteiger partial charge in [0.2, 0.25) is 5.91 Å². The third kappa shape index (κ3) is 6.23. The lowest BCUT2D eigenvalue weighted by Crippen LogP contribution is -2.48. The zero-order valence-electron chi connectivity index (χ0n) is 26.5. The van der Waals surface area contributed by atoms with E-state index in [1.807, 2.05) is 6.92 Å². The SMILES string of the molecule is Cc1ccc(S(=O)(=O)n2ccc3c(-c4cc5c(cc4N)N(C(=O)CCCCCl)CCN5C(=O)OC(C)(C)C)cn(C)c(=O)c32)cc1. The molecule has 0 saturated carbocycles. The first-order chi connectivity index (χ1) is 21.6. The number of aryl methyl sites for hydroxylation is 2. The lowest BCUT2D eigenvalue weighted by Gasteiger charge is -2.38. The number of rotatable bonds is 7. The first-order valence-corrected chi connectivity index (χ1v) is 16.9. The highest BCUT2D eigenvalue weighted by Gasteiger charge is 2.34. The van der Waals surface area contributed by atoms with Crippen LogP contribution in [0.25, 0.3) is 22.0 Å². The van der Waals surface area contributed by atoms with Gasteiger partial charge in [0.25, 0.3) is 15.6 Å². The Hall–Kier alpha value is -4.29. The van der Waals surface area contributed by atoms with Crippen molar-refractivity contribution in [2.45, 2.75) is 57.5 Å². The number of aromatic nitrogens is 2. The minimum atomic E-state index is -4.12. The maximum atomic E-state index is 13.7. The third-order valence-corrected chi connectivity index (χ3v) is 9.78. The predicted molar refractivity (Wildman–Crippen MR) is 181 cm³/mol. The number of carbonyl (C=O) groups excluding carboxylic acids is 2. The highest BCUT2D eigenvalue weighted by Crippen LogP contribution is 2.43. The van der Waals surface area contributed by atoms with Gasteiger partial charge in [0.15, 0.2) is 0 Å². The van der Waals surface area contributed by atoms with Crippen LogP contribution in [-0.4, -0.2) is 53.5 Å².